The van der Waals surface area contributed by atoms with Crippen LogP contribution in [0.3, 0.4) is 0 Å². The van der Waals surface area contributed by atoms with Crippen LogP contribution in [0.2, 0.25) is 0 Å². The van der Waals surface area contributed by atoms with Gasteiger partial charge in [-0.25, -0.2) is 4.79 Å². The Morgan fingerprint density at radius 2 is 1.72 bits per heavy atom. The molecular weight excluding hydrogens is 314 g/mol. The highest BCUT2D eigenvalue weighted by Gasteiger charge is 2.33. The predicted octanol–water partition coefficient (Wildman–Crippen LogP) is 3.35. The second-order valence-electron chi connectivity index (χ2n) is 6.59. The maximum absolute atomic E-state index is 11.7. The first-order valence-electron chi connectivity index (χ1n) is 8.87. The van der Waals surface area contributed by atoms with Crippen molar-refractivity contribution in [2.24, 2.45) is 0 Å². The van der Waals surface area contributed by atoms with Crippen molar-refractivity contribution in [2.45, 2.75) is 31.9 Å². The van der Waals surface area contributed by atoms with Gasteiger partial charge in [0.1, 0.15) is 0 Å². The van der Waals surface area contributed by atoms with Crippen molar-refractivity contribution in [3.63, 3.8) is 0 Å². The van der Waals surface area contributed by atoms with Gasteiger partial charge in [-0.3, -0.25) is 4.90 Å². The van der Waals surface area contributed by atoms with Gasteiger partial charge < -0.3 is 9.84 Å². The molecule has 2 aromatic rings. The zero-order valence-electron chi connectivity index (χ0n) is 14.6. The molecule has 0 bridgehead atoms. The number of likely N-dealkylation sites (tertiary alicyclic amines) is 1. The van der Waals surface area contributed by atoms with E-state index in [1.807, 2.05) is 18.2 Å². The quantitative estimate of drug-likeness (QED) is 0.849. The highest BCUT2D eigenvalue weighted by Crippen LogP contribution is 2.33. The van der Waals surface area contributed by atoms with Crippen LogP contribution in [0.4, 0.5) is 0 Å². The van der Waals surface area contributed by atoms with Gasteiger partial charge in [0, 0.05) is 19.6 Å². The Hall–Kier alpha value is -2.17. The number of hydrogen-bond acceptors (Lipinski definition) is 4. The van der Waals surface area contributed by atoms with Crippen molar-refractivity contribution in [2.75, 3.05) is 19.7 Å². The maximum atomic E-state index is 11.7. The number of carbonyl (C=O) groups excluding carboxylic acids is 1. The average molecular weight is 339 g/mol. The van der Waals surface area contributed by atoms with Crippen LogP contribution < -0.4 is 0 Å². The van der Waals surface area contributed by atoms with Crippen LogP contribution in [0.1, 0.15) is 41.3 Å². The standard InChI is InChI=1S/C21H25NO3/c1-2-25-20(23)18-8-10-19(11-9-18)21(24)12-14-22(15-13-21)16-17-6-4-3-5-7-17/h3-11,24H,2,12-16H2,1H3. The molecule has 1 saturated heterocycles. The van der Waals surface area contributed by atoms with E-state index in [9.17, 15) is 9.90 Å². The Balaban J connectivity index is 1.61. The number of aliphatic hydroxyl groups is 1. The number of hydrogen-bond donors (Lipinski definition) is 1. The number of nitrogens with zero attached hydrogens (tertiary/aromatic N) is 1. The van der Waals surface area contributed by atoms with E-state index in [0.29, 0.717) is 25.0 Å². The van der Waals surface area contributed by atoms with Crippen molar-refractivity contribution < 1.29 is 14.6 Å². The molecule has 1 aliphatic rings. The number of piperidine rings is 1. The van der Waals surface area contributed by atoms with Gasteiger partial charge in [0.15, 0.2) is 0 Å². The van der Waals surface area contributed by atoms with E-state index in [4.69, 9.17) is 4.74 Å². The highest BCUT2D eigenvalue weighted by atomic mass is 16.5. The molecule has 0 spiro atoms. The van der Waals surface area contributed by atoms with Crippen molar-refractivity contribution in [1.82, 2.24) is 4.90 Å². The van der Waals surface area contributed by atoms with Crippen LogP contribution >= 0.6 is 0 Å². The van der Waals surface area contributed by atoms with E-state index < -0.39 is 5.60 Å². The lowest BCUT2D eigenvalue weighted by molar-refractivity contribution is -0.0277. The summed E-state index contributed by atoms with van der Waals surface area (Å²) in [5.74, 6) is -0.321. The molecule has 0 unspecified atom stereocenters. The van der Waals surface area contributed by atoms with Gasteiger partial charge in [0.05, 0.1) is 17.8 Å². The Labute approximate surface area is 149 Å². The average Bonchev–Trinajstić information content (AvgIpc) is 2.65. The Bertz CT molecular complexity index is 689. The van der Waals surface area contributed by atoms with Crippen LogP contribution in [0.5, 0.6) is 0 Å². The SMILES string of the molecule is CCOC(=O)c1ccc(C2(O)CCN(Cc3ccccc3)CC2)cc1. The molecule has 1 fully saturated rings. The molecular formula is C21H25NO3. The summed E-state index contributed by atoms with van der Waals surface area (Å²) in [5.41, 5.74) is 1.88. The molecule has 3 rings (SSSR count). The molecule has 132 valence electrons. The van der Waals surface area contributed by atoms with Crippen LogP contribution in [-0.4, -0.2) is 35.7 Å². The summed E-state index contributed by atoms with van der Waals surface area (Å²) in [6, 6.07) is 17.6. The van der Waals surface area contributed by atoms with Crippen LogP contribution in [0, 0.1) is 0 Å². The summed E-state index contributed by atoms with van der Waals surface area (Å²) in [6.07, 6.45) is 1.39. The summed E-state index contributed by atoms with van der Waals surface area (Å²) in [6.45, 7) is 4.77. The van der Waals surface area contributed by atoms with Gasteiger partial charge in [0.2, 0.25) is 0 Å². The second kappa shape index (κ2) is 7.81. The van der Waals surface area contributed by atoms with Gasteiger partial charge in [-0.2, -0.15) is 0 Å². The fourth-order valence-corrected chi connectivity index (χ4v) is 3.34. The molecule has 2 aromatic carbocycles. The topological polar surface area (TPSA) is 49.8 Å². The number of carbonyl (C=O) groups is 1. The van der Waals surface area contributed by atoms with E-state index in [0.717, 1.165) is 25.2 Å². The Morgan fingerprint density at radius 3 is 2.32 bits per heavy atom. The van der Waals surface area contributed by atoms with Crippen molar-refractivity contribution >= 4 is 5.97 Å². The first-order valence-corrected chi connectivity index (χ1v) is 8.87. The minimum absolute atomic E-state index is 0.321. The minimum atomic E-state index is -0.819. The van der Waals surface area contributed by atoms with Crippen LogP contribution in [-0.2, 0) is 16.9 Å². The Morgan fingerprint density at radius 1 is 1.08 bits per heavy atom. The molecule has 0 amide bonds. The lowest BCUT2D eigenvalue weighted by atomic mass is 9.84. The fraction of sp³-hybridized carbons (Fsp3) is 0.381. The van der Waals surface area contributed by atoms with E-state index in [1.54, 1.807) is 19.1 Å². The molecule has 25 heavy (non-hydrogen) atoms. The molecule has 0 saturated carbocycles. The predicted molar refractivity (Wildman–Crippen MR) is 97.2 cm³/mol. The summed E-state index contributed by atoms with van der Waals surface area (Å²) in [5, 5.41) is 11.0. The van der Waals surface area contributed by atoms with Gasteiger partial charge >= 0.3 is 5.97 Å². The summed E-state index contributed by atoms with van der Waals surface area (Å²) in [7, 11) is 0. The normalized spacial score (nSPS) is 17.2. The molecule has 1 N–H and O–H groups in total. The molecule has 1 heterocycles. The van der Waals surface area contributed by atoms with Crippen LogP contribution in [0.25, 0.3) is 0 Å². The van der Waals surface area contributed by atoms with Gasteiger partial charge in [-0.05, 0) is 43.0 Å². The summed E-state index contributed by atoms with van der Waals surface area (Å²) >= 11 is 0. The number of benzene rings is 2. The highest BCUT2D eigenvalue weighted by molar-refractivity contribution is 5.89. The largest absolute Gasteiger partial charge is 0.462 e. The lowest BCUT2D eigenvalue weighted by Gasteiger charge is -2.38. The van der Waals surface area contributed by atoms with Gasteiger partial charge in [0.25, 0.3) is 0 Å². The maximum Gasteiger partial charge on any atom is 0.338 e. The zero-order valence-corrected chi connectivity index (χ0v) is 14.6. The number of ether oxygens (including phenoxy) is 1. The molecule has 0 aliphatic carbocycles. The Kier molecular flexibility index (Phi) is 5.51. The second-order valence-corrected chi connectivity index (χ2v) is 6.59. The summed E-state index contributed by atoms with van der Waals surface area (Å²) in [4.78, 5) is 14.1. The fourth-order valence-electron chi connectivity index (χ4n) is 3.34. The van der Waals surface area contributed by atoms with E-state index in [2.05, 4.69) is 29.2 Å². The third kappa shape index (κ3) is 4.27. The van der Waals surface area contributed by atoms with Gasteiger partial charge in [-0.15, -0.1) is 0 Å². The zero-order chi connectivity index (χ0) is 17.7. The lowest BCUT2D eigenvalue weighted by Crippen LogP contribution is -2.42. The van der Waals surface area contributed by atoms with E-state index in [-0.39, 0.29) is 5.97 Å². The monoisotopic (exact) mass is 339 g/mol. The van der Waals surface area contributed by atoms with E-state index in [1.165, 1.54) is 5.56 Å². The van der Waals surface area contributed by atoms with Crippen molar-refractivity contribution in [3.8, 4) is 0 Å². The smallest absolute Gasteiger partial charge is 0.338 e. The van der Waals surface area contributed by atoms with Gasteiger partial charge in [-0.1, -0.05) is 42.5 Å². The first-order chi connectivity index (χ1) is 12.1. The first kappa shape index (κ1) is 17.6. The molecule has 0 atom stereocenters. The van der Waals surface area contributed by atoms with Crippen molar-refractivity contribution in [1.29, 1.82) is 0 Å². The third-order valence-corrected chi connectivity index (χ3v) is 4.87. The van der Waals surface area contributed by atoms with Crippen LogP contribution in [0.15, 0.2) is 54.6 Å². The molecule has 0 radical (unpaired) electrons. The molecule has 4 nitrogen and oxygen atoms in total. The number of rotatable bonds is 5. The molecule has 4 heteroatoms. The number of esters is 1. The minimum Gasteiger partial charge on any atom is -0.462 e. The summed E-state index contributed by atoms with van der Waals surface area (Å²) < 4.78 is 5.00. The van der Waals surface area contributed by atoms with E-state index >= 15 is 0 Å². The molecule has 0 aromatic heterocycles. The van der Waals surface area contributed by atoms with Crippen molar-refractivity contribution in [3.05, 3.63) is 71.3 Å². The third-order valence-electron chi connectivity index (χ3n) is 4.87. The molecule has 1 aliphatic heterocycles.